The second-order valence-electron chi connectivity index (χ2n) is 5.33. The van der Waals surface area contributed by atoms with Gasteiger partial charge in [0.1, 0.15) is 0 Å². The number of fused-ring (bicyclic) bond motifs is 2. The zero-order valence-corrected chi connectivity index (χ0v) is 18.3. The molecule has 0 unspecified atom stereocenters. The van der Waals surface area contributed by atoms with Crippen molar-refractivity contribution in [1.29, 1.82) is 0 Å². The highest BCUT2D eigenvalue weighted by atomic mass is 32.1. The molecule has 4 aromatic rings. The van der Waals surface area contributed by atoms with E-state index in [0.717, 1.165) is 23.0 Å². The third-order valence-corrected chi connectivity index (χ3v) is 5.68. The minimum atomic E-state index is 0.786. The van der Waals surface area contributed by atoms with Gasteiger partial charge in [0.2, 0.25) is 0 Å². The summed E-state index contributed by atoms with van der Waals surface area (Å²) >= 11 is 6.23. The zero-order chi connectivity index (χ0) is 20.5. The molecule has 0 saturated carbocycles. The van der Waals surface area contributed by atoms with Crippen molar-refractivity contribution in [2.24, 2.45) is 0 Å². The predicted octanol–water partition coefficient (Wildman–Crippen LogP) is 5.50. The van der Waals surface area contributed by atoms with E-state index in [4.69, 9.17) is 23.2 Å². The number of rotatable bonds is 4. The van der Waals surface area contributed by atoms with E-state index in [-0.39, 0.29) is 0 Å². The molecule has 0 aliphatic heterocycles. The van der Waals surface area contributed by atoms with Crippen LogP contribution in [-0.4, -0.2) is 32.6 Å². The quantitative estimate of drug-likeness (QED) is 0.421. The van der Waals surface area contributed by atoms with Gasteiger partial charge in [0, 0.05) is 21.5 Å². The zero-order valence-electron chi connectivity index (χ0n) is 15.9. The molecule has 0 radical (unpaired) electrons. The average molecular weight is 437 g/mol. The minimum Gasteiger partial charge on any atom is -0.493 e. The second kappa shape index (κ2) is 10.8. The van der Waals surface area contributed by atoms with Gasteiger partial charge in [0.25, 0.3) is 0 Å². The van der Waals surface area contributed by atoms with Crippen LogP contribution in [0.2, 0.25) is 0 Å². The Morgan fingerprint density at radius 2 is 0.929 bits per heavy atom. The molecule has 5 nitrogen and oxygen atoms in total. The van der Waals surface area contributed by atoms with Crippen molar-refractivity contribution >= 4 is 55.4 Å². The van der Waals surface area contributed by atoms with Crippen molar-refractivity contribution in [3.63, 3.8) is 0 Å². The first-order valence-corrected chi connectivity index (χ1v) is 10.1. The number of hydrogen-bond donors (Lipinski definition) is 0. The second-order valence-corrected chi connectivity index (χ2v) is 7.23. The van der Waals surface area contributed by atoms with Crippen LogP contribution in [0.25, 0.3) is 20.2 Å². The molecule has 0 bridgehead atoms. The normalized spacial score (nSPS) is 9.71. The highest BCUT2D eigenvalue weighted by Crippen LogP contribution is 2.35. The maximum atomic E-state index is 7.83. The molecule has 2 aromatic carbocycles. The lowest BCUT2D eigenvalue weighted by Crippen LogP contribution is -1.89. The molecule has 4 rings (SSSR count). The van der Waals surface area contributed by atoms with Gasteiger partial charge in [-0.1, -0.05) is 0 Å². The van der Waals surface area contributed by atoms with Gasteiger partial charge in [-0.05, 0) is 45.8 Å². The highest BCUT2D eigenvalue weighted by molar-refractivity contribution is 7.44. The molecule has 0 aliphatic carbocycles. The lowest BCUT2D eigenvalue weighted by Gasteiger charge is -2.06. The Balaban J connectivity index is 0.000000184. The third-order valence-electron chi connectivity index (χ3n) is 3.92. The standard InChI is InChI=1S/2C10H10O2S.OS/c2*1-11-8-5-7-3-4-13-10(7)6-9(8)12-2;1-2/h2*3-6H,1-2H3;. The molecular weight excluding hydrogens is 416 g/mol. The molecule has 0 saturated heterocycles. The Morgan fingerprint density at radius 1 is 0.607 bits per heavy atom. The van der Waals surface area contributed by atoms with E-state index in [9.17, 15) is 0 Å². The molecule has 8 heteroatoms. The van der Waals surface area contributed by atoms with Crippen molar-refractivity contribution in [1.82, 2.24) is 0 Å². The Bertz CT molecular complexity index is 867. The number of methoxy groups -OCH3 is 4. The van der Waals surface area contributed by atoms with Gasteiger partial charge in [0.05, 0.1) is 28.4 Å². The molecule has 2 heterocycles. The monoisotopic (exact) mass is 436 g/mol. The molecule has 2 aromatic heterocycles. The Morgan fingerprint density at radius 3 is 1.25 bits per heavy atom. The lowest BCUT2D eigenvalue weighted by molar-refractivity contribution is 0.356. The molecule has 148 valence electrons. The van der Waals surface area contributed by atoms with Crippen LogP contribution < -0.4 is 18.9 Å². The van der Waals surface area contributed by atoms with E-state index in [0.29, 0.717) is 0 Å². The van der Waals surface area contributed by atoms with E-state index < -0.39 is 0 Å². The van der Waals surface area contributed by atoms with Gasteiger partial charge in [-0.3, -0.25) is 0 Å². The fraction of sp³-hybridized carbons (Fsp3) is 0.200. The molecular formula is C20H20O5S3. The van der Waals surface area contributed by atoms with Gasteiger partial charge in [0.15, 0.2) is 35.5 Å². The number of thiophene rings is 2. The van der Waals surface area contributed by atoms with Gasteiger partial charge in [-0.15, -0.1) is 22.7 Å². The number of hydrogen-bond acceptors (Lipinski definition) is 8. The maximum absolute atomic E-state index is 7.83. The van der Waals surface area contributed by atoms with E-state index >= 15 is 0 Å². The Kier molecular flexibility index (Phi) is 8.43. The van der Waals surface area contributed by atoms with E-state index in [1.54, 1.807) is 51.1 Å². The van der Waals surface area contributed by atoms with Gasteiger partial charge >= 0.3 is 0 Å². The first-order chi connectivity index (χ1) is 13.7. The molecule has 28 heavy (non-hydrogen) atoms. The van der Waals surface area contributed by atoms with Crippen molar-refractivity contribution in [3.8, 4) is 23.0 Å². The fourth-order valence-corrected chi connectivity index (χ4v) is 4.18. The topological polar surface area (TPSA) is 54.0 Å². The van der Waals surface area contributed by atoms with Crippen LogP contribution in [0, 0.1) is 0 Å². The van der Waals surface area contributed by atoms with Crippen molar-refractivity contribution in [3.05, 3.63) is 47.2 Å². The van der Waals surface area contributed by atoms with Crippen LogP contribution in [0.3, 0.4) is 0 Å². The van der Waals surface area contributed by atoms with Crippen LogP contribution in [0.1, 0.15) is 0 Å². The van der Waals surface area contributed by atoms with E-state index in [1.807, 2.05) is 24.3 Å². The summed E-state index contributed by atoms with van der Waals surface area (Å²) in [6, 6.07) is 12.1. The summed E-state index contributed by atoms with van der Waals surface area (Å²) < 4.78 is 31.1. The first-order valence-electron chi connectivity index (χ1n) is 8.05. The van der Waals surface area contributed by atoms with Crippen LogP contribution in [0.15, 0.2) is 47.2 Å². The van der Waals surface area contributed by atoms with Gasteiger partial charge < -0.3 is 18.9 Å². The summed E-state index contributed by atoms with van der Waals surface area (Å²) in [5.74, 6) is 3.15. The maximum Gasteiger partial charge on any atom is 0.197 e. The van der Waals surface area contributed by atoms with Crippen LogP contribution >= 0.6 is 22.7 Å². The average Bonchev–Trinajstić information content (AvgIpc) is 3.41. The van der Waals surface area contributed by atoms with Crippen LogP contribution in [0.4, 0.5) is 0 Å². The van der Waals surface area contributed by atoms with Crippen LogP contribution in [-0.2, 0) is 12.5 Å². The smallest absolute Gasteiger partial charge is 0.197 e. The SMILES string of the molecule is COc1cc2ccsc2cc1OC.COc1cc2ccsc2cc1OC.O=S. The summed E-state index contributed by atoms with van der Waals surface area (Å²) in [7, 11) is 6.60. The highest BCUT2D eigenvalue weighted by Gasteiger charge is 2.06. The van der Waals surface area contributed by atoms with Crippen molar-refractivity contribution in [2.45, 2.75) is 0 Å². The summed E-state index contributed by atoms with van der Waals surface area (Å²) in [6.45, 7) is 0. The van der Waals surface area contributed by atoms with Crippen LogP contribution in [0.5, 0.6) is 23.0 Å². The van der Waals surface area contributed by atoms with Gasteiger partial charge in [-0.25, -0.2) is 0 Å². The largest absolute Gasteiger partial charge is 0.493 e. The Hall–Kier alpha value is -2.42. The Labute approximate surface area is 176 Å². The van der Waals surface area contributed by atoms with E-state index in [1.165, 1.54) is 20.2 Å². The van der Waals surface area contributed by atoms with Crippen molar-refractivity contribution < 1.29 is 23.2 Å². The number of benzene rings is 2. The predicted molar refractivity (Wildman–Crippen MR) is 118 cm³/mol. The molecule has 0 N–H and O–H groups in total. The first kappa shape index (κ1) is 21.9. The summed E-state index contributed by atoms with van der Waals surface area (Å²) in [4.78, 5) is 0. The summed E-state index contributed by atoms with van der Waals surface area (Å²) in [5, 5.41) is 6.51. The van der Waals surface area contributed by atoms with Gasteiger partial charge in [-0.2, -0.15) is 4.21 Å². The molecule has 0 spiro atoms. The lowest BCUT2D eigenvalue weighted by atomic mass is 10.2. The van der Waals surface area contributed by atoms with Crippen molar-refractivity contribution in [2.75, 3.05) is 28.4 Å². The molecule has 0 amide bonds. The fourth-order valence-electron chi connectivity index (χ4n) is 2.58. The third kappa shape index (κ3) is 4.89. The summed E-state index contributed by atoms with van der Waals surface area (Å²) in [6.07, 6.45) is 0. The number of ether oxygens (including phenoxy) is 4. The van der Waals surface area contributed by atoms with E-state index in [2.05, 4.69) is 35.4 Å². The molecule has 0 aliphatic rings. The summed E-state index contributed by atoms with van der Waals surface area (Å²) in [5.41, 5.74) is 0. The minimum absolute atomic E-state index is 0.786. The molecule has 0 fully saturated rings. The molecule has 0 atom stereocenters.